The van der Waals surface area contributed by atoms with Crippen LogP contribution in [0.25, 0.3) is 11.8 Å². The quantitative estimate of drug-likeness (QED) is 0.642. The van der Waals surface area contributed by atoms with Crippen molar-refractivity contribution < 1.29 is 14.3 Å². The van der Waals surface area contributed by atoms with Crippen molar-refractivity contribution in [3.8, 4) is 11.4 Å². The molecule has 0 bridgehead atoms. The van der Waals surface area contributed by atoms with Gasteiger partial charge in [0, 0.05) is 23.0 Å². The lowest BCUT2D eigenvalue weighted by Crippen LogP contribution is -2.28. The maximum absolute atomic E-state index is 12.5. The first-order chi connectivity index (χ1) is 12.9. The minimum atomic E-state index is -0.225. The van der Waals surface area contributed by atoms with E-state index in [2.05, 4.69) is 0 Å². The molecular weight excluding hydrogens is 384 g/mol. The first kappa shape index (κ1) is 19.6. The molecule has 2 amide bonds. The predicted octanol–water partition coefficient (Wildman–Crippen LogP) is 5.20. The highest BCUT2D eigenvalue weighted by Gasteiger charge is 2.34. The molecule has 0 radical (unpaired) electrons. The predicted molar refractivity (Wildman–Crippen MR) is 110 cm³/mol. The van der Waals surface area contributed by atoms with E-state index in [0.717, 1.165) is 40.8 Å². The number of carbonyl (C=O) groups excluding carboxylic acids is 2. The number of thioether (sulfide) groups is 1. The Hall–Kier alpha value is -2.18. The summed E-state index contributed by atoms with van der Waals surface area (Å²) < 4.78 is 7.51. The lowest BCUT2D eigenvalue weighted by Gasteiger charge is -2.14. The number of benzene rings is 1. The Morgan fingerprint density at radius 1 is 1.22 bits per heavy atom. The van der Waals surface area contributed by atoms with Gasteiger partial charge in [0.05, 0.1) is 17.7 Å². The van der Waals surface area contributed by atoms with E-state index in [9.17, 15) is 9.59 Å². The molecule has 142 valence electrons. The molecule has 2 aromatic rings. The van der Waals surface area contributed by atoms with Crippen molar-refractivity contribution in [1.82, 2.24) is 9.47 Å². The Bertz CT molecular complexity index is 949. The van der Waals surface area contributed by atoms with Crippen LogP contribution in [0.1, 0.15) is 30.3 Å². The Morgan fingerprint density at radius 2 is 1.96 bits per heavy atom. The summed E-state index contributed by atoms with van der Waals surface area (Å²) in [6.45, 7) is 6.34. The number of ether oxygens (including phenoxy) is 1. The lowest BCUT2D eigenvalue weighted by atomic mass is 10.2. The molecule has 3 rings (SSSR count). The van der Waals surface area contributed by atoms with Crippen molar-refractivity contribution in [3.63, 3.8) is 0 Å². The summed E-state index contributed by atoms with van der Waals surface area (Å²) >= 11 is 7.17. The number of carbonyl (C=O) groups is 2. The lowest BCUT2D eigenvalue weighted by molar-refractivity contribution is -0.122. The van der Waals surface area contributed by atoms with Gasteiger partial charge in [0.1, 0.15) is 5.75 Å². The van der Waals surface area contributed by atoms with Gasteiger partial charge in [0.2, 0.25) is 0 Å². The molecule has 27 heavy (non-hydrogen) atoms. The second-order valence-corrected chi connectivity index (χ2v) is 7.74. The van der Waals surface area contributed by atoms with Gasteiger partial charge >= 0.3 is 0 Å². The van der Waals surface area contributed by atoms with Gasteiger partial charge in [-0.1, -0.05) is 18.5 Å². The molecule has 0 N–H and O–H groups in total. The Kier molecular flexibility index (Phi) is 5.67. The van der Waals surface area contributed by atoms with Gasteiger partial charge in [0.25, 0.3) is 11.1 Å². The van der Waals surface area contributed by atoms with Gasteiger partial charge in [-0.2, -0.15) is 0 Å². The summed E-state index contributed by atoms with van der Waals surface area (Å²) in [5, 5.41) is 0.402. The van der Waals surface area contributed by atoms with Gasteiger partial charge in [-0.15, -0.1) is 0 Å². The SMILES string of the molecule is CCCN1C(=O)S/C(=C/c2cc(C)n(-c3cc(Cl)ccc3OC)c2C)C1=O. The third-order valence-electron chi connectivity index (χ3n) is 4.46. The Labute approximate surface area is 167 Å². The largest absolute Gasteiger partial charge is 0.495 e. The van der Waals surface area contributed by atoms with Crippen molar-refractivity contribution in [2.24, 2.45) is 0 Å². The van der Waals surface area contributed by atoms with E-state index >= 15 is 0 Å². The summed E-state index contributed by atoms with van der Waals surface area (Å²) in [4.78, 5) is 26.3. The van der Waals surface area contributed by atoms with Gasteiger partial charge in [0.15, 0.2) is 0 Å². The molecular formula is C20H21ClN2O3S. The minimum absolute atomic E-state index is 0.210. The number of aryl methyl sites for hydroxylation is 1. The van der Waals surface area contributed by atoms with Crippen LogP contribution in [0.3, 0.4) is 0 Å². The molecule has 0 aliphatic carbocycles. The van der Waals surface area contributed by atoms with Crippen LogP contribution >= 0.6 is 23.4 Å². The molecule has 0 unspecified atom stereocenters. The molecule has 1 saturated heterocycles. The molecule has 1 fully saturated rings. The first-order valence-electron chi connectivity index (χ1n) is 8.65. The van der Waals surface area contributed by atoms with Gasteiger partial charge in [-0.05, 0) is 67.9 Å². The second-order valence-electron chi connectivity index (χ2n) is 6.31. The van der Waals surface area contributed by atoms with Crippen molar-refractivity contribution in [2.45, 2.75) is 27.2 Å². The maximum atomic E-state index is 12.5. The molecule has 1 aliphatic rings. The summed E-state index contributed by atoms with van der Waals surface area (Å²) in [6.07, 6.45) is 2.53. The number of rotatable bonds is 5. The first-order valence-corrected chi connectivity index (χ1v) is 9.85. The van der Waals surface area contributed by atoms with Crippen molar-refractivity contribution in [2.75, 3.05) is 13.7 Å². The number of amides is 2. The van der Waals surface area contributed by atoms with E-state index in [1.54, 1.807) is 19.3 Å². The molecule has 0 spiro atoms. The third kappa shape index (κ3) is 3.64. The van der Waals surface area contributed by atoms with Crippen LogP contribution in [0.4, 0.5) is 4.79 Å². The standard InChI is InChI=1S/C20H21ClN2O3S/c1-5-8-22-19(24)18(27-20(22)25)10-14-9-12(2)23(13(14)3)16-11-15(21)6-7-17(16)26-4/h6-7,9-11H,5,8H2,1-4H3/b18-10+. The molecule has 0 saturated carbocycles. The second kappa shape index (κ2) is 7.82. The molecule has 1 aromatic carbocycles. The molecule has 1 aliphatic heterocycles. The average Bonchev–Trinajstić information content (AvgIpc) is 3.05. The number of aromatic nitrogens is 1. The van der Waals surface area contributed by atoms with Crippen LogP contribution in [0.5, 0.6) is 5.75 Å². The summed E-state index contributed by atoms with van der Waals surface area (Å²) in [7, 11) is 1.62. The number of halogens is 1. The van der Waals surface area contributed by atoms with E-state index in [1.165, 1.54) is 4.90 Å². The number of hydrogen-bond acceptors (Lipinski definition) is 4. The number of imide groups is 1. The fourth-order valence-corrected chi connectivity index (χ4v) is 4.22. The summed E-state index contributed by atoms with van der Waals surface area (Å²) in [5.41, 5.74) is 3.64. The molecule has 1 aromatic heterocycles. The van der Waals surface area contributed by atoms with Crippen LogP contribution in [-0.4, -0.2) is 34.3 Å². The van der Waals surface area contributed by atoms with Gasteiger partial charge in [-0.3, -0.25) is 14.5 Å². The topological polar surface area (TPSA) is 51.5 Å². The number of methoxy groups -OCH3 is 1. The summed E-state index contributed by atoms with van der Waals surface area (Å²) in [6, 6.07) is 7.44. The zero-order valence-corrected chi connectivity index (χ0v) is 17.3. The molecule has 5 nitrogen and oxygen atoms in total. The normalized spacial score (nSPS) is 15.9. The van der Waals surface area contributed by atoms with Gasteiger partial charge in [-0.25, -0.2) is 0 Å². The van der Waals surface area contributed by atoms with Crippen molar-refractivity contribution in [1.29, 1.82) is 0 Å². The maximum Gasteiger partial charge on any atom is 0.293 e. The van der Waals surface area contributed by atoms with Crippen LogP contribution in [-0.2, 0) is 4.79 Å². The van der Waals surface area contributed by atoms with E-state index in [-0.39, 0.29) is 11.1 Å². The van der Waals surface area contributed by atoms with Gasteiger partial charge < -0.3 is 9.30 Å². The molecule has 2 heterocycles. The monoisotopic (exact) mass is 404 g/mol. The minimum Gasteiger partial charge on any atom is -0.495 e. The highest BCUT2D eigenvalue weighted by atomic mass is 35.5. The highest BCUT2D eigenvalue weighted by molar-refractivity contribution is 8.18. The van der Waals surface area contributed by atoms with Crippen LogP contribution < -0.4 is 4.74 Å². The van der Waals surface area contributed by atoms with Crippen molar-refractivity contribution in [3.05, 3.63) is 51.1 Å². The van der Waals surface area contributed by atoms with E-state index < -0.39 is 0 Å². The van der Waals surface area contributed by atoms with E-state index in [1.807, 2.05) is 43.5 Å². The Balaban J connectivity index is 2.04. The number of nitrogens with zero attached hydrogens (tertiary/aromatic N) is 2. The molecule has 0 atom stereocenters. The van der Waals surface area contributed by atoms with Crippen LogP contribution in [0.2, 0.25) is 5.02 Å². The molecule has 7 heteroatoms. The van der Waals surface area contributed by atoms with Crippen LogP contribution in [0.15, 0.2) is 29.2 Å². The number of hydrogen-bond donors (Lipinski definition) is 0. The zero-order valence-electron chi connectivity index (χ0n) is 15.7. The fraction of sp³-hybridized carbons (Fsp3) is 0.300. The Morgan fingerprint density at radius 3 is 2.63 bits per heavy atom. The van der Waals surface area contributed by atoms with E-state index in [0.29, 0.717) is 22.2 Å². The summed E-state index contributed by atoms with van der Waals surface area (Å²) in [5.74, 6) is 0.480. The smallest absolute Gasteiger partial charge is 0.293 e. The van der Waals surface area contributed by atoms with Crippen molar-refractivity contribution >= 4 is 40.6 Å². The average molecular weight is 405 g/mol. The highest BCUT2D eigenvalue weighted by Crippen LogP contribution is 2.35. The third-order valence-corrected chi connectivity index (χ3v) is 5.60. The van der Waals surface area contributed by atoms with E-state index in [4.69, 9.17) is 16.3 Å². The zero-order chi connectivity index (χ0) is 19.7. The fourth-order valence-electron chi connectivity index (χ4n) is 3.20. The van der Waals surface area contributed by atoms with Crippen LogP contribution in [0, 0.1) is 13.8 Å².